The number of aliphatic hydroxyl groups excluding tert-OH is 1. The zero-order chi connectivity index (χ0) is 20.3. The van der Waals surface area contributed by atoms with Crippen molar-refractivity contribution in [2.75, 3.05) is 24.7 Å². The van der Waals surface area contributed by atoms with Gasteiger partial charge in [-0.2, -0.15) is 13.2 Å². The van der Waals surface area contributed by atoms with Crippen LogP contribution in [0.25, 0.3) is 0 Å². The second-order valence-corrected chi connectivity index (χ2v) is 8.39. The average Bonchev–Trinajstić information content (AvgIpc) is 2.57. The van der Waals surface area contributed by atoms with Crippen molar-refractivity contribution in [1.29, 1.82) is 0 Å². The Hall–Kier alpha value is -2.31. The fraction of sp³-hybridized carbons (Fsp3) is 0.389. The number of pyridine rings is 1. The summed E-state index contributed by atoms with van der Waals surface area (Å²) in [6, 6.07) is 3.24. The Labute approximate surface area is 155 Å². The molecule has 0 bridgehead atoms. The summed E-state index contributed by atoms with van der Waals surface area (Å²) in [6.07, 6.45) is -0.511. The molecule has 2 N–H and O–H groups in total. The highest BCUT2D eigenvalue weighted by Crippen LogP contribution is 2.50. The molecule has 1 heterocycles. The van der Waals surface area contributed by atoms with Crippen LogP contribution in [0.5, 0.6) is 0 Å². The number of nitrogens with one attached hydrogen (secondary N) is 1. The molecule has 2 rings (SSSR count). The Morgan fingerprint density at radius 1 is 1.37 bits per heavy atom. The number of sulfone groups is 1. The molecule has 146 valence electrons. The summed E-state index contributed by atoms with van der Waals surface area (Å²) in [7, 11) is -3.72. The van der Waals surface area contributed by atoms with Gasteiger partial charge in [0.05, 0.1) is 11.0 Å². The Morgan fingerprint density at radius 3 is 2.67 bits per heavy atom. The second-order valence-electron chi connectivity index (χ2n) is 6.32. The van der Waals surface area contributed by atoms with Crippen LogP contribution in [0.3, 0.4) is 0 Å². The number of halogens is 3. The number of allylic oxidation sites excluding steroid dienone is 3. The van der Waals surface area contributed by atoms with Crippen molar-refractivity contribution in [3.63, 3.8) is 0 Å². The second kappa shape index (κ2) is 7.74. The van der Waals surface area contributed by atoms with Crippen LogP contribution in [0.2, 0.25) is 0 Å². The number of hydrogen-bond acceptors (Lipinski definition) is 5. The summed E-state index contributed by atoms with van der Waals surface area (Å²) in [5.41, 5.74) is -1.89. The van der Waals surface area contributed by atoms with Gasteiger partial charge in [-0.25, -0.2) is 13.4 Å². The van der Waals surface area contributed by atoms with E-state index in [0.717, 1.165) is 13.2 Å². The molecule has 1 aromatic heterocycles. The van der Waals surface area contributed by atoms with E-state index >= 15 is 0 Å². The topological polar surface area (TPSA) is 79.3 Å². The molecule has 0 fully saturated rings. The van der Waals surface area contributed by atoms with E-state index in [9.17, 15) is 21.6 Å². The van der Waals surface area contributed by atoms with Gasteiger partial charge in [0.25, 0.3) is 0 Å². The molecule has 0 aliphatic heterocycles. The van der Waals surface area contributed by atoms with Crippen LogP contribution in [0.15, 0.2) is 41.0 Å². The molecule has 1 aromatic rings. The van der Waals surface area contributed by atoms with E-state index in [4.69, 9.17) is 5.11 Å². The van der Waals surface area contributed by atoms with Crippen LogP contribution in [0.4, 0.5) is 19.0 Å². The first-order valence-corrected chi connectivity index (χ1v) is 9.84. The number of nitrogens with zero attached hydrogens (tertiary/aromatic N) is 1. The molecular weight excluding hydrogens is 381 g/mol. The van der Waals surface area contributed by atoms with Crippen molar-refractivity contribution in [3.05, 3.63) is 46.5 Å². The highest BCUT2D eigenvalue weighted by Gasteiger charge is 2.54. The van der Waals surface area contributed by atoms with E-state index in [-0.39, 0.29) is 29.4 Å². The quantitative estimate of drug-likeness (QED) is 0.760. The van der Waals surface area contributed by atoms with E-state index in [2.05, 4.69) is 22.1 Å². The van der Waals surface area contributed by atoms with Crippen molar-refractivity contribution >= 4 is 15.7 Å². The molecule has 1 aliphatic rings. The monoisotopic (exact) mass is 400 g/mol. The van der Waals surface area contributed by atoms with Crippen molar-refractivity contribution in [2.24, 2.45) is 5.41 Å². The van der Waals surface area contributed by atoms with Crippen LogP contribution in [0.1, 0.15) is 18.9 Å². The SMILES string of the molecule is CC1(C(F)(F)F)CC(S(C)(=O)=O)=CC=C1CNc1ncccc1C#CCO. The van der Waals surface area contributed by atoms with Gasteiger partial charge in [-0.05, 0) is 30.7 Å². The van der Waals surface area contributed by atoms with E-state index in [1.54, 1.807) is 12.1 Å². The van der Waals surface area contributed by atoms with Crippen LogP contribution >= 0.6 is 0 Å². The van der Waals surface area contributed by atoms with Crippen molar-refractivity contribution in [3.8, 4) is 11.8 Å². The third-order valence-electron chi connectivity index (χ3n) is 4.36. The molecule has 0 saturated carbocycles. The third-order valence-corrected chi connectivity index (χ3v) is 5.60. The minimum absolute atomic E-state index is 0.00544. The van der Waals surface area contributed by atoms with Gasteiger partial charge in [-0.15, -0.1) is 0 Å². The molecule has 0 spiro atoms. The summed E-state index contributed by atoms with van der Waals surface area (Å²) in [5, 5.41) is 11.6. The van der Waals surface area contributed by atoms with Crippen LogP contribution in [0, 0.1) is 17.3 Å². The molecule has 0 amide bonds. The lowest BCUT2D eigenvalue weighted by molar-refractivity contribution is -0.203. The van der Waals surface area contributed by atoms with Crippen LogP contribution < -0.4 is 5.32 Å². The van der Waals surface area contributed by atoms with Gasteiger partial charge in [-0.3, -0.25) is 0 Å². The van der Waals surface area contributed by atoms with E-state index in [1.165, 1.54) is 18.3 Å². The average molecular weight is 400 g/mol. The van der Waals surface area contributed by atoms with E-state index < -0.39 is 27.8 Å². The number of aromatic nitrogens is 1. The van der Waals surface area contributed by atoms with Gasteiger partial charge < -0.3 is 10.4 Å². The molecule has 1 atom stereocenters. The number of rotatable bonds is 4. The van der Waals surface area contributed by atoms with Crippen molar-refractivity contribution < 1.29 is 26.7 Å². The lowest BCUT2D eigenvalue weighted by atomic mass is 9.75. The number of hydrogen-bond donors (Lipinski definition) is 2. The fourth-order valence-corrected chi connectivity index (χ4v) is 3.52. The molecule has 1 aliphatic carbocycles. The van der Waals surface area contributed by atoms with E-state index in [1.807, 2.05) is 0 Å². The Balaban J connectivity index is 2.36. The van der Waals surface area contributed by atoms with Crippen molar-refractivity contribution in [1.82, 2.24) is 4.98 Å². The molecular formula is C18H19F3N2O3S. The molecule has 0 saturated heterocycles. The van der Waals surface area contributed by atoms with Gasteiger partial charge in [0.2, 0.25) is 0 Å². The minimum Gasteiger partial charge on any atom is -0.384 e. The normalized spacial score (nSPS) is 20.2. The molecule has 0 radical (unpaired) electrons. The first-order valence-electron chi connectivity index (χ1n) is 7.94. The standard InChI is InChI=1S/C18H19F3N2O3S/c1-17(18(19,20)21)11-15(27(2,25)26)8-7-14(17)12-23-16-13(6-4-10-24)5-3-9-22-16/h3,5,7-9,24H,10-12H2,1-2H3,(H,22,23). The highest BCUT2D eigenvalue weighted by atomic mass is 32.2. The zero-order valence-corrected chi connectivity index (χ0v) is 15.6. The summed E-state index contributed by atoms with van der Waals surface area (Å²) < 4.78 is 64.7. The predicted molar refractivity (Wildman–Crippen MR) is 96.5 cm³/mol. The summed E-state index contributed by atoms with van der Waals surface area (Å²) in [5.74, 6) is 5.41. The Bertz CT molecular complexity index is 941. The lowest BCUT2D eigenvalue weighted by Gasteiger charge is -2.37. The first-order chi connectivity index (χ1) is 12.5. The Kier molecular flexibility index (Phi) is 6.02. The molecule has 0 aromatic carbocycles. The molecule has 5 nitrogen and oxygen atoms in total. The summed E-state index contributed by atoms with van der Waals surface area (Å²) in [4.78, 5) is 3.81. The first kappa shape index (κ1) is 21.0. The minimum atomic E-state index is -4.63. The predicted octanol–water partition coefficient (Wildman–Crippen LogP) is 2.66. The smallest absolute Gasteiger partial charge is 0.384 e. The number of aliphatic hydroxyl groups is 1. The van der Waals surface area contributed by atoms with Crippen LogP contribution in [-0.2, 0) is 9.84 Å². The van der Waals surface area contributed by atoms with Crippen LogP contribution in [-0.4, -0.2) is 44.1 Å². The van der Waals surface area contributed by atoms with E-state index in [0.29, 0.717) is 5.56 Å². The Morgan fingerprint density at radius 2 is 2.07 bits per heavy atom. The highest BCUT2D eigenvalue weighted by molar-refractivity contribution is 7.94. The fourth-order valence-electron chi connectivity index (χ4n) is 2.65. The molecule has 9 heteroatoms. The lowest BCUT2D eigenvalue weighted by Crippen LogP contribution is -2.41. The largest absolute Gasteiger partial charge is 0.398 e. The maximum atomic E-state index is 13.8. The maximum Gasteiger partial charge on any atom is 0.398 e. The summed E-state index contributed by atoms with van der Waals surface area (Å²) in [6.45, 7) is 0.447. The van der Waals surface area contributed by atoms with Gasteiger partial charge >= 0.3 is 6.18 Å². The van der Waals surface area contributed by atoms with Gasteiger partial charge in [0, 0.05) is 30.3 Å². The molecule has 1 unspecified atom stereocenters. The van der Waals surface area contributed by atoms with Crippen molar-refractivity contribution in [2.45, 2.75) is 19.5 Å². The number of alkyl halides is 3. The zero-order valence-electron chi connectivity index (χ0n) is 14.8. The van der Waals surface area contributed by atoms with Gasteiger partial charge in [-0.1, -0.05) is 17.9 Å². The molecule has 27 heavy (non-hydrogen) atoms. The summed E-state index contributed by atoms with van der Waals surface area (Å²) >= 11 is 0. The van der Waals surface area contributed by atoms with Gasteiger partial charge in [0.15, 0.2) is 9.84 Å². The number of anilines is 1. The van der Waals surface area contributed by atoms with Gasteiger partial charge in [0.1, 0.15) is 12.4 Å². The maximum absolute atomic E-state index is 13.8. The third kappa shape index (κ3) is 4.70.